The predicted molar refractivity (Wildman–Crippen MR) is 98.6 cm³/mol. The molecule has 1 aromatic carbocycles. The molecule has 1 fully saturated rings. The van der Waals surface area contributed by atoms with Gasteiger partial charge in [0.1, 0.15) is 0 Å². The molecule has 1 saturated carbocycles. The molecule has 1 heterocycles. The number of hydrogen-bond donors (Lipinski definition) is 3. The molecule has 1 aromatic heterocycles. The van der Waals surface area contributed by atoms with E-state index < -0.39 is 23.3 Å². The molecule has 0 bridgehead atoms. The SMILES string of the molecule is CC1(NC(=O)c2cccc(NC(=O)c3ccco3)c2)CCCCC1C(=O)O. The first-order valence-corrected chi connectivity index (χ1v) is 8.89. The largest absolute Gasteiger partial charge is 0.481 e. The molecule has 142 valence electrons. The van der Waals surface area contributed by atoms with E-state index in [1.54, 1.807) is 43.3 Å². The van der Waals surface area contributed by atoms with Crippen LogP contribution in [0.15, 0.2) is 47.1 Å². The van der Waals surface area contributed by atoms with Crippen molar-refractivity contribution in [1.82, 2.24) is 5.32 Å². The van der Waals surface area contributed by atoms with Crippen molar-refractivity contribution in [3.63, 3.8) is 0 Å². The topological polar surface area (TPSA) is 109 Å². The molecule has 7 nitrogen and oxygen atoms in total. The van der Waals surface area contributed by atoms with Gasteiger partial charge in [-0.05, 0) is 50.1 Å². The van der Waals surface area contributed by atoms with E-state index in [-0.39, 0.29) is 11.7 Å². The van der Waals surface area contributed by atoms with Gasteiger partial charge in [0.25, 0.3) is 11.8 Å². The average molecular weight is 370 g/mol. The van der Waals surface area contributed by atoms with Gasteiger partial charge in [-0.2, -0.15) is 0 Å². The number of carboxylic acids is 1. The van der Waals surface area contributed by atoms with Crippen molar-refractivity contribution in [3.05, 3.63) is 54.0 Å². The van der Waals surface area contributed by atoms with Crippen LogP contribution in [0.1, 0.15) is 53.5 Å². The lowest BCUT2D eigenvalue weighted by Crippen LogP contribution is -2.55. The first-order chi connectivity index (χ1) is 12.9. The number of carbonyl (C=O) groups excluding carboxylic acids is 2. The Labute approximate surface area is 156 Å². The van der Waals surface area contributed by atoms with Gasteiger partial charge in [-0.25, -0.2) is 0 Å². The lowest BCUT2D eigenvalue weighted by atomic mass is 9.73. The zero-order valence-electron chi connectivity index (χ0n) is 15.0. The maximum absolute atomic E-state index is 12.7. The number of nitrogens with one attached hydrogen (secondary N) is 2. The quantitative estimate of drug-likeness (QED) is 0.748. The molecule has 1 aliphatic carbocycles. The van der Waals surface area contributed by atoms with Crippen molar-refractivity contribution in [2.45, 2.75) is 38.1 Å². The van der Waals surface area contributed by atoms with Crippen molar-refractivity contribution in [2.24, 2.45) is 5.92 Å². The van der Waals surface area contributed by atoms with Gasteiger partial charge in [0, 0.05) is 11.3 Å². The van der Waals surface area contributed by atoms with E-state index in [1.807, 2.05) is 0 Å². The summed E-state index contributed by atoms with van der Waals surface area (Å²) in [6.07, 6.45) is 4.29. The molecule has 0 spiro atoms. The lowest BCUT2D eigenvalue weighted by Gasteiger charge is -2.39. The van der Waals surface area contributed by atoms with Gasteiger partial charge in [0.05, 0.1) is 17.7 Å². The minimum Gasteiger partial charge on any atom is -0.481 e. The second-order valence-electron chi connectivity index (χ2n) is 7.02. The maximum Gasteiger partial charge on any atom is 0.308 e. The normalized spacial score (nSPS) is 22.0. The second-order valence-corrected chi connectivity index (χ2v) is 7.02. The number of rotatable bonds is 5. The monoisotopic (exact) mass is 370 g/mol. The van der Waals surface area contributed by atoms with Crippen LogP contribution < -0.4 is 10.6 Å². The Morgan fingerprint density at radius 1 is 1.15 bits per heavy atom. The minimum absolute atomic E-state index is 0.170. The molecule has 2 amide bonds. The Bertz CT molecular complexity index is 846. The molecule has 3 rings (SSSR count). The summed E-state index contributed by atoms with van der Waals surface area (Å²) in [6, 6.07) is 9.66. The number of carboxylic acid groups (broad SMARTS) is 1. The van der Waals surface area contributed by atoms with Crippen molar-refractivity contribution < 1.29 is 23.9 Å². The third-order valence-corrected chi connectivity index (χ3v) is 5.03. The summed E-state index contributed by atoms with van der Waals surface area (Å²) in [5, 5.41) is 15.1. The van der Waals surface area contributed by atoms with Crippen LogP contribution in [0.2, 0.25) is 0 Å². The first kappa shape index (κ1) is 18.7. The highest BCUT2D eigenvalue weighted by Gasteiger charge is 2.42. The van der Waals surface area contributed by atoms with Gasteiger partial charge in [0.2, 0.25) is 0 Å². The summed E-state index contributed by atoms with van der Waals surface area (Å²) in [5.41, 5.74) is 0.00464. The summed E-state index contributed by atoms with van der Waals surface area (Å²) in [7, 11) is 0. The number of hydrogen-bond acceptors (Lipinski definition) is 4. The Kier molecular flexibility index (Phi) is 5.30. The first-order valence-electron chi connectivity index (χ1n) is 8.89. The van der Waals surface area contributed by atoms with E-state index >= 15 is 0 Å². The van der Waals surface area contributed by atoms with Crippen LogP contribution in [0.3, 0.4) is 0 Å². The molecule has 2 aromatic rings. The molecule has 0 saturated heterocycles. The highest BCUT2D eigenvalue weighted by atomic mass is 16.4. The molecule has 2 unspecified atom stereocenters. The number of furan rings is 1. The van der Waals surface area contributed by atoms with E-state index in [0.717, 1.165) is 12.8 Å². The van der Waals surface area contributed by atoms with Crippen molar-refractivity contribution in [2.75, 3.05) is 5.32 Å². The second kappa shape index (κ2) is 7.65. The number of aliphatic carboxylic acids is 1. The van der Waals surface area contributed by atoms with Gasteiger partial charge >= 0.3 is 5.97 Å². The zero-order chi connectivity index (χ0) is 19.4. The summed E-state index contributed by atoms with van der Waals surface area (Å²) in [5.74, 6) is -2.11. The van der Waals surface area contributed by atoms with Gasteiger partial charge in [0.15, 0.2) is 5.76 Å². The summed E-state index contributed by atoms with van der Waals surface area (Å²) in [4.78, 5) is 36.4. The molecule has 1 aliphatic rings. The number of amides is 2. The van der Waals surface area contributed by atoms with E-state index in [9.17, 15) is 19.5 Å². The van der Waals surface area contributed by atoms with Crippen LogP contribution >= 0.6 is 0 Å². The van der Waals surface area contributed by atoms with Crippen molar-refractivity contribution >= 4 is 23.5 Å². The fourth-order valence-corrected chi connectivity index (χ4v) is 3.55. The summed E-state index contributed by atoms with van der Waals surface area (Å²) >= 11 is 0. The molecule has 3 N–H and O–H groups in total. The van der Waals surface area contributed by atoms with Crippen LogP contribution in [0.4, 0.5) is 5.69 Å². The smallest absolute Gasteiger partial charge is 0.308 e. The van der Waals surface area contributed by atoms with Crippen LogP contribution in [-0.4, -0.2) is 28.4 Å². The molecule has 0 aliphatic heterocycles. The Balaban J connectivity index is 1.73. The molecular weight excluding hydrogens is 348 g/mol. The minimum atomic E-state index is -0.892. The van der Waals surface area contributed by atoms with Gasteiger partial charge < -0.3 is 20.2 Å². The fraction of sp³-hybridized carbons (Fsp3) is 0.350. The van der Waals surface area contributed by atoms with E-state index in [4.69, 9.17) is 4.42 Å². The van der Waals surface area contributed by atoms with E-state index in [1.165, 1.54) is 6.26 Å². The van der Waals surface area contributed by atoms with Crippen molar-refractivity contribution in [3.8, 4) is 0 Å². The van der Waals surface area contributed by atoms with Gasteiger partial charge in [-0.3, -0.25) is 14.4 Å². The van der Waals surface area contributed by atoms with Crippen molar-refractivity contribution in [1.29, 1.82) is 0 Å². The van der Waals surface area contributed by atoms with Gasteiger partial charge in [-0.1, -0.05) is 18.9 Å². The van der Waals surface area contributed by atoms with Gasteiger partial charge in [-0.15, -0.1) is 0 Å². The molecule has 2 atom stereocenters. The van der Waals surface area contributed by atoms with E-state index in [0.29, 0.717) is 24.1 Å². The molecule has 0 radical (unpaired) electrons. The Morgan fingerprint density at radius 3 is 2.67 bits per heavy atom. The molecule has 7 heteroatoms. The van der Waals surface area contributed by atoms with E-state index in [2.05, 4.69) is 10.6 Å². The fourth-order valence-electron chi connectivity index (χ4n) is 3.55. The van der Waals surface area contributed by atoms with Crippen LogP contribution in [-0.2, 0) is 4.79 Å². The summed E-state index contributed by atoms with van der Waals surface area (Å²) < 4.78 is 5.05. The number of carbonyl (C=O) groups is 3. The standard InChI is InChI=1S/C20H22N2O5/c1-20(10-3-2-8-15(20)19(25)26)22-17(23)13-6-4-7-14(12-13)21-18(24)16-9-5-11-27-16/h4-7,9,11-12,15H,2-3,8,10H2,1H3,(H,21,24)(H,22,23)(H,25,26). The maximum atomic E-state index is 12.7. The highest BCUT2D eigenvalue weighted by molar-refractivity contribution is 6.03. The Hall–Kier alpha value is -3.09. The number of benzene rings is 1. The van der Waals surface area contributed by atoms with Crippen LogP contribution in [0.25, 0.3) is 0 Å². The molecular formula is C20H22N2O5. The Morgan fingerprint density at radius 2 is 1.96 bits per heavy atom. The highest BCUT2D eigenvalue weighted by Crippen LogP contribution is 2.34. The number of anilines is 1. The third kappa shape index (κ3) is 4.19. The summed E-state index contributed by atoms with van der Waals surface area (Å²) in [6.45, 7) is 1.78. The predicted octanol–water partition coefficient (Wildman–Crippen LogP) is 3.30. The lowest BCUT2D eigenvalue weighted by molar-refractivity contribution is -0.145. The van der Waals surface area contributed by atoms with Crippen LogP contribution in [0.5, 0.6) is 0 Å². The molecule has 27 heavy (non-hydrogen) atoms. The van der Waals surface area contributed by atoms with Crippen LogP contribution in [0, 0.1) is 5.92 Å². The third-order valence-electron chi connectivity index (χ3n) is 5.03. The zero-order valence-corrected chi connectivity index (χ0v) is 15.0. The average Bonchev–Trinajstić information content (AvgIpc) is 3.16.